The number of aromatic hydroxyl groups is 1. The van der Waals surface area contributed by atoms with Gasteiger partial charge in [0.25, 0.3) is 0 Å². The first-order valence-corrected chi connectivity index (χ1v) is 16.2. The van der Waals surface area contributed by atoms with Crippen molar-refractivity contribution in [3.05, 3.63) is 29.8 Å². The van der Waals surface area contributed by atoms with Crippen molar-refractivity contribution >= 4 is 29.7 Å². The molecule has 3 unspecified atom stereocenters. The molecule has 3 amide bonds. The topological polar surface area (TPSA) is 108 Å². The molecule has 8 nitrogen and oxygen atoms in total. The van der Waals surface area contributed by atoms with Crippen molar-refractivity contribution in [2.24, 2.45) is 0 Å². The molecule has 0 aliphatic heterocycles. The van der Waals surface area contributed by atoms with Crippen LogP contribution < -0.4 is 10.6 Å². The smallest absolute Gasteiger partial charge is 0.408 e. The van der Waals surface area contributed by atoms with Crippen LogP contribution in [-0.2, 0) is 14.3 Å². The zero-order chi connectivity index (χ0) is 30.1. The Labute approximate surface area is 246 Å². The van der Waals surface area contributed by atoms with Crippen LogP contribution in [0.1, 0.15) is 111 Å². The number of carbonyl (C=O) groups is 3. The van der Waals surface area contributed by atoms with E-state index in [-0.39, 0.29) is 23.6 Å². The van der Waals surface area contributed by atoms with E-state index in [0.717, 1.165) is 44.9 Å². The van der Waals surface area contributed by atoms with Gasteiger partial charge in [-0.05, 0) is 76.7 Å². The van der Waals surface area contributed by atoms with Gasteiger partial charge in [-0.3, -0.25) is 9.59 Å². The number of hydrogen-bond acceptors (Lipinski definition) is 6. The molecular formula is C31H53N3O5S. The zero-order valence-corrected chi connectivity index (χ0v) is 26.6. The maximum Gasteiger partial charge on any atom is 0.408 e. The molecule has 9 heteroatoms. The van der Waals surface area contributed by atoms with Gasteiger partial charge in [-0.25, -0.2) is 4.79 Å². The summed E-state index contributed by atoms with van der Waals surface area (Å²) in [7, 11) is 0. The van der Waals surface area contributed by atoms with Crippen LogP contribution in [0.4, 0.5) is 4.79 Å². The number of nitrogens with one attached hydrogen (secondary N) is 2. The lowest BCUT2D eigenvalue weighted by molar-refractivity contribution is -0.143. The highest BCUT2D eigenvalue weighted by Gasteiger charge is 2.36. The van der Waals surface area contributed by atoms with Gasteiger partial charge in [-0.15, -0.1) is 0 Å². The number of unbranched alkanes of at least 4 members (excludes halogenated alkanes) is 5. The van der Waals surface area contributed by atoms with E-state index >= 15 is 0 Å². The van der Waals surface area contributed by atoms with E-state index in [2.05, 4.69) is 24.5 Å². The quantitative estimate of drug-likeness (QED) is 0.170. The molecule has 0 bridgehead atoms. The lowest BCUT2D eigenvalue weighted by Crippen LogP contribution is -2.54. The summed E-state index contributed by atoms with van der Waals surface area (Å²) in [5.41, 5.74) is -0.184. The molecule has 0 spiro atoms. The number of rotatable bonds is 18. The van der Waals surface area contributed by atoms with E-state index in [4.69, 9.17) is 4.74 Å². The maximum atomic E-state index is 14.2. The summed E-state index contributed by atoms with van der Waals surface area (Å²) in [4.78, 5) is 42.4. The van der Waals surface area contributed by atoms with E-state index in [0.29, 0.717) is 24.3 Å². The van der Waals surface area contributed by atoms with Crippen LogP contribution in [-0.4, -0.2) is 64.2 Å². The van der Waals surface area contributed by atoms with Gasteiger partial charge in [0.1, 0.15) is 23.4 Å². The molecular weight excluding hydrogens is 526 g/mol. The Balaban J connectivity index is 3.44. The molecule has 40 heavy (non-hydrogen) atoms. The third-order valence-corrected chi connectivity index (χ3v) is 7.14. The minimum atomic E-state index is -0.952. The van der Waals surface area contributed by atoms with E-state index in [1.807, 2.05) is 13.2 Å². The van der Waals surface area contributed by atoms with E-state index < -0.39 is 23.8 Å². The number of thioether (sulfide) groups is 1. The van der Waals surface area contributed by atoms with E-state index in [9.17, 15) is 19.5 Å². The van der Waals surface area contributed by atoms with Gasteiger partial charge < -0.3 is 25.4 Å². The Morgan fingerprint density at radius 3 is 2.27 bits per heavy atom. The predicted octanol–water partition coefficient (Wildman–Crippen LogP) is 6.57. The molecule has 0 saturated carbocycles. The molecule has 0 aromatic heterocycles. The fourth-order valence-corrected chi connectivity index (χ4v) is 5.04. The van der Waals surface area contributed by atoms with Crippen LogP contribution >= 0.6 is 11.8 Å². The Hall–Kier alpha value is -2.42. The SMILES string of the molecule is CCCCCCCCN(C(=O)C(CCSC)NC(=O)OC(C)(C)C)C(C(=O)NC(C)CCC)c1cccc(O)c1. The average molecular weight is 580 g/mol. The number of ether oxygens (including phenoxy) is 1. The summed E-state index contributed by atoms with van der Waals surface area (Å²) in [5, 5.41) is 16.1. The zero-order valence-electron chi connectivity index (χ0n) is 25.8. The second-order valence-corrected chi connectivity index (χ2v) is 12.5. The Kier molecular flexibility index (Phi) is 16.8. The number of amides is 3. The van der Waals surface area contributed by atoms with Gasteiger partial charge >= 0.3 is 6.09 Å². The molecule has 1 rings (SSSR count). The summed E-state index contributed by atoms with van der Waals surface area (Å²) in [6.07, 6.45) is 9.55. The number of nitrogens with zero attached hydrogens (tertiary/aromatic N) is 1. The molecule has 0 radical (unpaired) electrons. The monoisotopic (exact) mass is 579 g/mol. The summed E-state index contributed by atoms with van der Waals surface area (Å²) in [6.45, 7) is 11.9. The highest BCUT2D eigenvalue weighted by Crippen LogP contribution is 2.27. The van der Waals surface area contributed by atoms with Crippen LogP contribution in [0, 0.1) is 0 Å². The number of carbonyl (C=O) groups excluding carboxylic acids is 3. The Morgan fingerprint density at radius 2 is 1.68 bits per heavy atom. The standard InChI is InChI=1S/C31H53N3O5S/c1-8-10-11-12-13-14-20-34(29(37)26(19-21-40-7)33-30(38)39-31(4,5)6)27(24-17-15-18-25(35)22-24)28(36)32-23(3)16-9-2/h15,17-18,22-23,26-27,35H,8-14,16,19-21H2,1-7H3,(H,32,36)(H,33,38). The van der Waals surface area contributed by atoms with Gasteiger partial charge in [-0.2, -0.15) is 11.8 Å². The van der Waals surface area contributed by atoms with Gasteiger partial charge in [-0.1, -0.05) is 64.5 Å². The van der Waals surface area contributed by atoms with Crippen molar-refractivity contribution in [3.63, 3.8) is 0 Å². The van der Waals surface area contributed by atoms with E-state index in [1.165, 1.54) is 12.5 Å². The molecule has 0 aliphatic carbocycles. The summed E-state index contributed by atoms with van der Waals surface area (Å²) in [5.74, 6) is 0.0367. The minimum absolute atomic E-state index is 0.0229. The minimum Gasteiger partial charge on any atom is -0.508 e. The van der Waals surface area contributed by atoms with Gasteiger partial charge in [0.15, 0.2) is 0 Å². The largest absolute Gasteiger partial charge is 0.508 e. The molecule has 3 atom stereocenters. The maximum absolute atomic E-state index is 14.2. The molecule has 1 aromatic carbocycles. The van der Waals surface area contributed by atoms with Crippen molar-refractivity contribution in [1.82, 2.24) is 15.5 Å². The highest BCUT2D eigenvalue weighted by atomic mass is 32.2. The van der Waals surface area contributed by atoms with Crippen LogP contribution in [0.5, 0.6) is 5.75 Å². The Morgan fingerprint density at radius 1 is 1.00 bits per heavy atom. The molecule has 0 saturated heterocycles. The summed E-state index contributed by atoms with van der Waals surface area (Å²) in [6, 6.07) is 4.63. The van der Waals surface area contributed by atoms with E-state index in [1.54, 1.807) is 55.6 Å². The number of phenols is 1. The number of hydrogen-bond donors (Lipinski definition) is 3. The average Bonchev–Trinajstić information content (AvgIpc) is 2.86. The first kappa shape index (κ1) is 35.6. The number of alkyl carbamates (subject to hydrolysis) is 1. The Bertz CT molecular complexity index is 905. The van der Waals surface area contributed by atoms with Crippen LogP contribution in [0.2, 0.25) is 0 Å². The highest BCUT2D eigenvalue weighted by molar-refractivity contribution is 7.98. The van der Waals surface area contributed by atoms with Crippen molar-refractivity contribution < 1.29 is 24.2 Å². The van der Waals surface area contributed by atoms with Gasteiger partial charge in [0.2, 0.25) is 11.8 Å². The van der Waals surface area contributed by atoms with Gasteiger partial charge in [0, 0.05) is 12.6 Å². The van der Waals surface area contributed by atoms with Crippen LogP contribution in [0.3, 0.4) is 0 Å². The van der Waals surface area contributed by atoms with Crippen molar-refractivity contribution in [1.29, 1.82) is 0 Å². The molecule has 0 aliphatic rings. The normalized spacial score (nSPS) is 13.7. The van der Waals surface area contributed by atoms with Crippen LogP contribution in [0.25, 0.3) is 0 Å². The molecule has 3 N–H and O–H groups in total. The van der Waals surface area contributed by atoms with Crippen molar-refractivity contribution in [2.45, 2.75) is 123 Å². The third-order valence-electron chi connectivity index (χ3n) is 6.49. The van der Waals surface area contributed by atoms with Gasteiger partial charge in [0.05, 0.1) is 0 Å². The summed E-state index contributed by atoms with van der Waals surface area (Å²) >= 11 is 1.58. The first-order valence-electron chi connectivity index (χ1n) is 14.8. The van der Waals surface area contributed by atoms with Crippen molar-refractivity contribution in [2.75, 3.05) is 18.6 Å². The van der Waals surface area contributed by atoms with Crippen LogP contribution in [0.15, 0.2) is 24.3 Å². The fraction of sp³-hybridized carbons (Fsp3) is 0.710. The third kappa shape index (κ3) is 13.8. The molecule has 0 fully saturated rings. The number of phenolic OH excluding ortho intramolecular Hbond substituents is 1. The second-order valence-electron chi connectivity index (χ2n) is 11.5. The predicted molar refractivity (Wildman–Crippen MR) is 165 cm³/mol. The number of benzene rings is 1. The molecule has 228 valence electrons. The first-order chi connectivity index (χ1) is 18.9. The second kappa shape index (κ2) is 18.8. The van der Waals surface area contributed by atoms with Crippen molar-refractivity contribution in [3.8, 4) is 5.75 Å². The molecule has 0 heterocycles. The lowest BCUT2D eigenvalue weighted by Gasteiger charge is -2.35. The fourth-order valence-electron chi connectivity index (χ4n) is 4.57. The molecule has 1 aromatic rings. The lowest BCUT2D eigenvalue weighted by atomic mass is 10.0. The summed E-state index contributed by atoms with van der Waals surface area (Å²) < 4.78 is 5.46.